The SMILES string of the molecule is CC(CO)C(C)Nc1ncc(F)cc1F. The molecule has 0 aromatic carbocycles. The Morgan fingerprint density at radius 3 is 2.67 bits per heavy atom. The van der Waals surface area contributed by atoms with Crippen LogP contribution in [0.2, 0.25) is 0 Å². The fourth-order valence-corrected chi connectivity index (χ4v) is 1.04. The molecule has 1 aromatic rings. The van der Waals surface area contributed by atoms with Gasteiger partial charge in [0.05, 0.1) is 6.20 Å². The van der Waals surface area contributed by atoms with Crippen LogP contribution in [-0.2, 0) is 0 Å². The van der Waals surface area contributed by atoms with Crippen LogP contribution in [0, 0.1) is 17.6 Å². The molecule has 0 spiro atoms. The van der Waals surface area contributed by atoms with Crippen molar-refractivity contribution in [3.63, 3.8) is 0 Å². The molecule has 1 heterocycles. The molecule has 0 aliphatic rings. The van der Waals surface area contributed by atoms with Crippen LogP contribution in [0.5, 0.6) is 0 Å². The number of hydrogen-bond acceptors (Lipinski definition) is 3. The van der Waals surface area contributed by atoms with Crippen molar-refractivity contribution in [1.29, 1.82) is 0 Å². The number of nitrogens with one attached hydrogen (secondary N) is 1. The molecule has 0 amide bonds. The largest absolute Gasteiger partial charge is 0.396 e. The van der Waals surface area contributed by atoms with E-state index in [1.807, 2.05) is 6.92 Å². The van der Waals surface area contributed by atoms with Crippen LogP contribution < -0.4 is 5.32 Å². The molecule has 0 bridgehead atoms. The van der Waals surface area contributed by atoms with Crippen LogP contribution in [0.4, 0.5) is 14.6 Å². The minimum Gasteiger partial charge on any atom is -0.396 e. The molecule has 2 atom stereocenters. The summed E-state index contributed by atoms with van der Waals surface area (Å²) < 4.78 is 25.7. The average molecular weight is 216 g/mol. The highest BCUT2D eigenvalue weighted by Gasteiger charge is 2.13. The second-order valence-corrected chi connectivity index (χ2v) is 3.58. The van der Waals surface area contributed by atoms with Gasteiger partial charge < -0.3 is 10.4 Å². The van der Waals surface area contributed by atoms with Gasteiger partial charge in [-0.25, -0.2) is 13.8 Å². The lowest BCUT2D eigenvalue weighted by atomic mass is 10.1. The van der Waals surface area contributed by atoms with Crippen molar-refractivity contribution in [2.45, 2.75) is 19.9 Å². The Bertz CT molecular complexity index is 333. The Balaban J connectivity index is 2.72. The van der Waals surface area contributed by atoms with E-state index in [4.69, 9.17) is 5.11 Å². The highest BCUT2D eigenvalue weighted by atomic mass is 19.1. The summed E-state index contributed by atoms with van der Waals surface area (Å²) >= 11 is 0. The minimum atomic E-state index is -0.730. The van der Waals surface area contributed by atoms with Gasteiger partial charge in [-0.3, -0.25) is 0 Å². The molecule has 0 aliphatic heterocycles. The molecule has 3 nitrogen and oxygen atoms in total. The third kappa shape index (κ3) is 3.13. The molecule has 15 heavy (non-hydrogen) atoms. The number of nitrogens with zero attached hydrogens (tertiary/aromatic N) is 1. The third-order valence-corrected chi connectivity index (χ3v) is 2.31. The summed E-state index contributed by atoms with van der Waals surface area (Å²) in [7, 11) is 0. The van der Waals surface area contributed by atoms with Crippen molar-refractivity contribution in [2.24, 2.45) is 5.92 Å². The zero-order valence-corrected chi connectivity index (χ0v) is 8.67. The molecule has 1 rings (SSSR count). The maximum Gasteiger partial charge on any atom is 0.168 e. The first kappa shape index (κ1) is 11.8. The van der Waals surface area contributed by atoms with Gasteiger partial charge >= 0.3 is 0 Å². The summed E-state index contributed by atoms with van der Waals surface area (Å²) in [6.45, 7) is 3.61. The van der Waals surface area contributed by atoms with Crippen LogP contribution in [0.25, 0.3) is 0 Å². The van der Waals surface area contributed by atoms with Crippen molar-refractivity contribution in [3.8, 4) is 0 Å². The van der Waals surface area contributed by atoms with E-state index in [-0.39, 0.29) is 24.4 Å². The number of aliphatic hydroxyl groups excluding tert-OH is 1. The highest BCUT2D eigenvalue weighted by Crippen LogP contribution is 2.14. The number of hydrogen-bond donors (Lipinski definition) is 2. The van der Waals surface area contributed by atoms with Crippen LogP contribution >= 0.6 is 0 Å². The second-order valence-electron chi connectivity index (χ2n) is 3.58. The molecule has 84 valence electrons. The smallest absolute Gasteiger partial charge is 0.168 e. The fourth-order valence-electron chi connectivity index (χ4n) is 1.04. The van der Waals surface area contributed by atoms with Gasteiger partial charge in [0, 0.05) is 18.7 Å². The number of halogens is 2. The first-order valence-corrected chi connectivity index (χ1v) is 4.73. The van der Waals surface area contributed by atoms with Crippen LogP contribution in [-0.4, -0.2) is 22.7 Å². The summed E-state index contributed by atoms with van der Waals surface area (Å²) in [5.41, 5.74) is 0. The molecule has 0 saturated carbocycles. The van der Waals surface area contributed by atoms with Crippen LogP contribution in [0.1, 0.15) is 13.8 Å². The number of rotatable bonds is 4. The zero-order chi connectivity index (χ0) is 11.4. The zero-order valence-electron chi connectivity index (χ0n) is 8.67. The molecule has 2 unspecified atom stereocenters. The lowest BCUT2D eigenvalue weighted by Crippen LogP contribution is -2.27. The standard InChI is InChI=1S/C10H14F2N2O/c1-6(5-15)7(2)14-10-9(12)3-8(11)4-13-10/h3-4,6-7,15H,5H2,1-2H3,(H,13,14). The van der Waals surface area contributed by atoms with Gasteiger partial charge in [0.2, 0.25) is 0 Å². The number of anilines is 1. The van der Waals surface area contributed by atoms with Crippen LogP contribution in [0.3, 0.4) is 0 Å². The molecule has 2 N–H and O–H groups in total. The quantitative estimate of drug-likeness (QED) is 0.806. The van der Waals surface area contributed by atoms with E-state index >= 15 is 0 Å². The summed E-state index contributed by atoms with van der Waals surface area (Å²) in [5.74, 6) is -1.46. The summed E-state index contributed by atoms with van der Waals surface area (Å²) in [6, 6.07) is 0.633. The van der Waals surface area contributed by atoms with E-state index < -0.39 is 11.6 Å². The molecule has 0 aliphatic carbocycles. The Hall–Kier alpha value is -1.23. The van der Waals surface area contributed by atoms with Gasteiger partial charge in [-0.05, 0) is 12.8 Å². The average Bonchev–Trinajstić information content (AvgIpc) is 2.20. The predicted molar refractivity (Wildman–Crippen MR) is 53.5 cm³/mol. The molecule has 1 aromatic heterocycles. The van der Waals surface area contributed by atoms with Gasteiger partial charge in [-0.15, -0.1) is 0 Å². The lowest BCUT2D eigenvalue weighted by molar-refractivity contribution is 0.226. The van der Waals surface area contributed by atoms with E-state index in [0.29, 0.717) is 0 Å². The normalized spacial score (nSPS) is 14.7. The van der Waals surface area contributed by atoms with E-state index in [0.717, 1.165) is 12.3 Å². The number of aromatic nitrogens is 1. The topological polar surface area (TPSA) is 45.1 Å². The molecule has 0 fully saturated rings. The lowest BCUT2D eigenvalue weighted by Gasteiger charge is -2.19. The number of pyridine rings is 1. The van der Waals surface area contributed by atoms with Gasteiger partial charge in [0.1, 0.15) is 5.82 Å². The molecular weight excluding hydrogens is 202 g/mol. The number of aliphatic hydroxyl groups is 1. The van der Waals surface area contributed by atoms with Gasteiger partial charge in [-0.2, -0.15) is 0 Å². The first-order chi connectivity index (χ1) is 7.04. The van der Waals surface area contributed by atoms with E-state index in [1.165, 1.54) is 0 Å². The third-order valence-electron chi connectivity index (χ3n) is 2.31. The van der Waals surface area contributed by atoms with Crippen LogP contribution in [0.15, 0.2) is 12.3 Å². The molecule has 0 saturated heterocycles. The van der Waals surface area contributed by atoms with Gasteiger partial charge in [0.15, 0.2) is 11.6 Å². The van der Waals surface area contributed by atoms with Crippen molar-refractivity contribution < 1.29 is 13.9 Å². The van der Waals surface area contributed by atoms with Gasteiger partial charge in [-0.1, -0.05) is 6.92 Å². The van der Waals surface area contributed by atoms with Crippen molar-refractivity contribution >= 4 is 5.82 Å². The van der Waals surface area contributed by atoms with E-state index in [1.54, 1.807) is 6.92 Å². The van der Waals surface area contributed by atoms with E-state index in [9.17, 15) is 8.78 Å². The highest BCUT2D eigenvalue weighted by molar-refractivity contribution is 5.36. The summed E-state index contributed by atoms with van der Waals surface area (Å²) in [6.07, 6.45) is 0.946. The second kappa shape index (κ2) is 5.02. The minimum absolute atomic E-state index is 0.00300. The molecule has 5 heteroatoms. The first-order valence-electron chi connectivity index (χ1n) is 4.73. The van der Waals surface area contributed by atoms with Crippen molar-refractivity contribution in [1.82, 2.24) is 4.98 Å². The van der Waals surface area contributed by atoms with Gasteiger partial charge in [0.25, 0.3) is 0 Å². The summed E-state index contributed by atoms with van der Waals surface area (Å²) in [4.78, 5) is 3.59. The summed E-state index contributed by atoms with van der Waals surface area (Å²) in [5, 5.41) is 11.7. The maximum absolute atomic E-state index is 13.2. The maximum atomic E-state index is 13.2. The Labute approximate surface area is 87.2 Å². The Kier molecular flexibility index (Phi) is 3.96. The van der Waals surface area contributed by atoms with Crippen molar-refractivity contribution in [2.75, 3.05) is 11.9 Å². The van der Waals surface area contributed by atoms with Crippen molar-refractivity contribution in [3.05, 3.63) is 23.9 Å². The molecular formula is C10H14F2N2O. The molecule has 0 radical (unpaired) electrons. The Morgan fingerprint density at radius 2 is 2.13 bits per heavy atom. The fraction of sp³-hybridized carbons (Fsp3) is 0.500. The van der Waals surface area contributed by atoms with E-state index in [2.05, 4.69) is 10.3 Å². The predicted octanol–water partition coefficient (Wildman–Crippen LogP) is 1.79. The monoisotopic (exact) mass is 216 g/mol. The Morgan fingerprint density at radius 1 is 1.47 bits per heavy atom.